The maximum Gasteiger partial charge on any atom is 0.306 e. The number of amides is 1. The lowest BCUT2D eigenvalue weighted by Crippen LogP contribution is -2.35. The molecule has 2 aromatic carbocycles. The highest BCUT2D eigenvalue weighted by molar-refractivity contribution is 5.83. The van der Waals surface area contributed by atoms with Crippen molar-refractivity contribution in [2.24, 2.45) is 0 Å². The van der Waals surface area contributed by atoms with Crippen LogP contribution in [-0.2, 0) is 20.9 Å². The molecule has 0 aliphatic carbocycles. The van der Waals surface area contributed by atoms with E-state index in [1.807, 2.05) is 54.6 Å². The second kappa shape index (κ2) is 10.9. The van der Waals surface area contributed by atoms with Crippen LogP contribution in [-0.4, -0.2) is 31.7 Å². The maximum atomic E-state index is 12.1. The van der Waals surface area contributed by atoms with Crippen molar-refractivity contribution < 1.29 is 23.8 Å². The monoisotopic (exact) mass is 371 g/mol. The van der Waals surface area contributed by atoms with E-state index in [4.69, 9.17) is 14.2 Å². The van der Waals surface area contributed by atoms with E-state index in [0.29, 0.717) is 19.6 Å². The predicted octanol–water partition coefficient (Wildman–Crippen LogP) is 3.10. The molecule has 0 aliphatic heterocycles. The van der Waals surface area contributed by atoms with Gasteiger partial charge in [-0.3, -0.25) is 9.59 Å². The number of ether oxygens (including phenoxy) is 3. The van der Waals surface area contributed by atoms with Crippen LogP contribution in [0.25, 0.3) is 0 Å². The van der Waals surface area contributed by atoms with E-state index in [1.165, 1.54) is 0 Å². The smallest absolute Gasteiger partial charge is 0.306 e. The van der Waals surface area contributed by atoms with Gasteiger partial charge in [0.15, 0.2) is 6.10 Å². The van der Waals surface area contributed by atoms with E-state index >= 15 is 0 Å². The van der Waals surface area contributed by atoms with Crippen molar-refractivity contribution in [1.29, 1.82) is 0 Å². The summed E-state index contributed by atoms with van der Waals surface area (Å²) in [6, 6.07) is 16.8. The Labute approximate surface area is 159 Å². The number of rotatable bonds is 10. The average Bonchev–Trinajstić information content (AvgIpc) is 2.70. The summed E-state index contributed by atoms with van der Waals surface area (Å²) in [5, 5.41) is 2.75. The SMILES string of the molecule is COc1ccc(CNC(=O)[C@H](C)OC(=O)CCCOc2ccccc2)cc1. The Morgan fingerprint density at radius 2 is 1.70 bits per heavy atom. The van der Waals surface area contributed by atoms with Gasteiger partial charge in [-0.15, -0.1) is 0 Å². The van der Waals surface area contributed by atoms with E-state index < -0.39 is 12.1 Å². The normalized spacial score (nSPS) is 11.3. The minimum absolute atomic E-state index is 0.197. The van der Waals surface area contributed by atoms with Gasteiger partial charge in [0.05, 0.1) is 13.7 Å². The van der Waals surface area contributed by atoms with Crippen molar-refractivity contribution in [3.8, 4) is 11.5 Å². The van der Waals surface area contributed by atoms with Gasteiger partial charge in [0.25, 0.3) is 5.91 Å². The molecule has 0 aromatic heterocycles. The largest absolute Gasteiger partial charge is 0.497 e. The first kappa shape index (κ1) is 20.3. The standard InChI is InChI=1S/C21H25NO5/c1-16(21(24)22-15-17-10-12-18(25-2)13-11-17)27-20(23)9-6-14-26-19-7-4-3-5-8-19/h3-5,7-8,10-13,16H,6,9,14-15H2,1-2H3,(H,22,24)/t16-/m0/s1. The summed E-state index contributed by atoms with van der Waals surface area (Å²) in [6.45, 7) is 2.33. The topological polar surface area (TPSA) is 73.9 Å². The summed E-state index contributed by atoms with van der Waals surface area (Å²) in [6.07, 6.45) is -0.123. The third-order valence-electron chi connectivity index (χ3n) is 3.84. The Bertz CT molecular complexity index is 715. The van der Waals surface area contributed by atoms with Crippen molar-refractivity contribution in [3.63, 3.8) is 0 Å². The third kappa shape index (κ3) is 7.40. The number of esters is 1. The van der Waals surface area contributed by atoms with Gasteiger partial charge in [-0.25, -0.2) is 0 Å². The Kier molecular flexibility index (Phi) is 8.16. The molecule has 0 saturated heterocycles. The zero-order chi connectivity index (χ0) is 19.5. The number of para-hydroxylation sites is 1. The van der Waals surface area contributed by atoms with Crippen molar-refractivity contribution in [3.05, 3.63) is 60.2 Å². The number of benzene rings is 2. The average molecular weight is 371 g/mol. The Morgan fingerprint density at radius 3 is 2.37 bits per heavy atom. The summed E-state index contributed by atoms with van der Waals surface area (Å²) < 4.78 is 15.8. The number of hydrogen-bond donors (Lipinski definition) is 1. The molecule has 0 fully saturated rings. The van der Waals surface area contributed by atoms with Gasteiger partial charge in [-0.05, 0) is 43.2 Å². The zero-order valence-corrected chi connectivity index (χ0v) is 15.6. The molecule has 6 nitrogen and oxygen atoms in total. The van der Waals surface area contributed by atoms with Gasteiger partial charge in [0, 0.05) is 13.0 Å². The molecule has 0 bridgehead atoms. The first-order chi connectivity index (χ1) is 13.1. The second-order valence-corrected chi connectivity index (χ2v) is 5.96. The third-order valence-corrected chi connectivity index (χ3v) is 3.84. The Hall–Kier alpha value is -3.02. The molecular formula is C21H25NO5. The lowest BCUT2D eigenvalue weighted by molar-refractivity contribution is -0.155. The summed E-state index contributed by atoms with van der Waals surface area (Å²) in [7, 11) is 1.60. The lowest BCUT2D eigenvalue weighted by atomic mass is 10.2. The van der Waals surface area contributed by atoms with Gasteiger partial charge in [-0.2, -0.15) is 0 Å². The van der Waals surface area contributed by atoms with Crippen LogP contribution < -0.4 is 14.8 Å². The minimum atomic E-state index is -0.842. The quantitative estimate of drug-likeness (QED) is 0.513. The highest BCUT2D eigenvalue weighted by atomic mass is 16.5. The van der Waals surface area contributed by atoms with E-state index in [0.717, 1.165) is 17.1 Å². The van der Waals surface area contributed by atoms with Crippen LogP contribution in [0.4, 0.5) is 0 Å². The Morgan fingerprint density at radius 1 is 1.00 bits per heavy atom. The summed E-state index contributed by atoms with van der Waals surface area (Å²) in [4.78, 5) is 23.9. The molecule has 0 unspecified atom stereocenters. The molecule has 144 valence electrons. The molecule has 1 N–H and O–H groups in total. The molecule has 0 aliphatic rings. The number of carbonyl (C=O) groups excluding carboxylic acids is 2. The molecule has 1 atom stereocenters. The highest BCUT2D eigenvalue weighted by Crippen LogP contribution is 2.11. The summed E-state index contributed by atoms with van der Waals surface area (Å²) in [5.74, 6) is 0.763. The fourth-order valence-corrected chi connectivity index (χ4v) is 2.31. The van der Waals surface area contributed by atoms with E-state index in [2.05, 4.69) is 5.32 Å². The Balaban J connectivity index is 1.63. The summed E-state index contributed by atoms with van der Waals surface area (Å²) in [5.41, 5.74) is 0.931. The van der Waals surface area contributed by atoms with Crippen LogP contribution in [0.2, 0.25) is 0 Å². The molecule has 0 heterocycles. The van der Waals surface area contributed by atoms with E-state index in [9.17, 15) is 9.59 Å². The zero-order valence-electron chi connectivity index (χ0n) is 15.6. The molecule has 0 radical (unpaired) electrons. The van der Waals surface area contributed by atoms with Crippen LogP contribution in [0.5, 0.6) is 11.5 Å². The van der Waals surface area contributed by atoms with Gasteiger partial charge < -0.3 is 19.5 Å². The van der Waals surface area contributed by atoms with Crippen molar-refractivity contribution in [2.45, 2.75) is 32.4 Å². The van der Waals surface area contributed by atoms with Crippen molar-refractivity contribution in [1.82, 2.24) is 5.32 Å². The number of methoxy groups -OCH3 is 1. The van der Waals surface area contributed by atoms with Gasteiger partial charge in [0.2, 0.25) is 0 Å². The molecule has 27 heavy (non-hydrogen) atoms. The van der Waals surface area contributed by atoms with Gasteiger partial charge >= 0.3 is 5.97 Å². The fraction of sp³-hybridized carbons (Fsp3) is 0.333. The predicted molar refractivity (Wildman–Crippen MR) is 102 cm³/mol. The van der Waals surface area contributed by atoms with Crippen LogP contribution in [0.15, 0.2) is 54.6 Å². The molecule has 1 amide bonds. The van der Waals surface area contributed by atoms with Gasteiger partial charge in [0.1, 0.15) is 11.5 Å². The van der Waals surface area contributed by atoms with Crippen LogP contribution >= 0.6 is 0 Å². The molecule has 0 saturated carbocycles. The number of carbonyl (C=O) groups is 2. The highest BCUT2D eigenvalue weighted by Gasteiger charge is 2.17. The fourth-order valence-electron chi connectivity index (χ4n) is 2.31. The first-order valence-corrected chi connectivity index (χ1v) is 8.86. The molecular weight excluding hydrogens is 346 g/mol. The van der Waals surface area contributed by atoms with Crippen LogP contribution in [0.1, 0.15) is 25.3 Å². The molecule has 2 aromatic rings. The first-order valence-electron chi connectivity index (χ1n) is 8.86. The number of hydrogen-bond acceptors (Lipinski definition) is 5. The van der Waals surface area contributed by atoms with Crippen LogP contribution in [0.3, 0.4) is 0 Å². The lowest BCUT2D eigenvalue weighted by Gasteiger charge is -2.14. The van der Waals surface area contributed by atoms with Crippen LogP contribution in [0, 0.1) is 0 Å². The maximum absolute atomic E-state index is 12.1. The van der Waals surface area contributed by atoms with E-state index in [1.54, 1.807) is 14.0 Å². The molecule has 0 spiro atoms. The van der Waals surface area contributed by atoms with E-state index in [-0.39, 0.29) is 12.3 Å². The molecule has 2 rings (SSSR count). The summed E-state index contributed by atoms with van der Waals surface area (Å²) >= 11 is 0. The molecule has 6 heteroatoms. The van der Waals surface area contributed by atoms with Crippen molar-refractivity contribution in [2.75, 3.05) is 13.7 Å². The minimum Gasteiger partial charge on any atom is -0.497 e. The second-order valence-electron chi connectivity index (χ2n) is 5.96. The van der Waals surface area contributed by atoms with Gasteiger partial charge in [-0.1, -0.05) is 30.3 Å². The number of nitrogens with one attached hydrogen (secondary N) is 1. The van der Waals surface area contributed by atoms with Crippen molar-refractivity contribution >= 4 is 11.9 Å².